The summed E-state index contributed by atoms with van der Waals surface area (Å²) in [5, 5.41) is 20.5. The summed E-state index contributed by atoms with van der Waals surface area (Å²) in [6.07, 6.45) is 0.291. The fraction of sp³-hybridized carbons (Fsp3) is 0.538. The van der Waals surface area contributed by atoms with Crippen LogP contribution in [0.25, 0.3) is 0 Å². The maximum atomic E-state index is 9.95. The highest BCUT2D eigenvalue weighted by Gasteiger charge is 2.38. The van der Waals surface area contributed by atoms with Gasteiger partial charge in [0, 0.05) is 11.3 Å². The van der Waals surface area contributed by atoms with Gasteiger partial charge in [-0.25, -0.2) is 0 Å². The minimum absolute atomic E-state index is 0.291. The van der Waals surface area contributed by atoms with Gasteiger partial charge in [0.25, 0.3) is 0 Å². The van der Waals surface area contributed by atoms with Gasteiger partial charge in [-0.05, 0) is 39.3 Å². The van der Waals surface area contributed by atoms with Crippen molar-refractivity contribution in [1.29, 1.82) is 0 Å². The van der Waals surface area contributed by atoms with Gasteiger partial charge in [0.05, 0.1) is 11.2 Å². The molecule has 1 aromatic carbocycles. The van der Waals surface area contributed by atoms with Crippen molar-refractivity contribution in [2.24, 2.45) is 0 Å². The summed E-state index contributed by atoms with van der Waals surface area (Å²) in [4.78, 5) is 0. The molecule has 1 rings (SSSR count). The Labute approximate surface area is 114 Å². The van der Waals surface area contributed by atoms with E-state index in [1.165, 1.54) is 0 Å². The van der Waals surface area contributed by atoms with Crippen LogP contribution in [-0.4, -0.2) is 28.5 Å². The van der Waals surface area contributed by atoms with E-state index in [9.17, 15) is 10.1 Å². The summed E-state index contributed by atoms with van der Waals surface area (Å²) in [5.41, 5.74) is -1.08. The molecule has 0 fully saturated rings. The van der Waals surface area contributed by atoms with Crippen LogP contribution in [0.15, 0.2) is 24.3 Å². The Bertz CT molecular complexity index is 401. The normalized spacial score (nSPS) is 12.6. The lowest BCUT2D eigenvalue weighted by Gasteiger charge is -2.38. The van der Waals surface area contributed by atoms with Gasteiger partial charge >= 0.3 is 7.12 Å². The molecule has 0 bridgehead atoms. The van der Waals surface area contributed by atoms with Crippen LogP contribution in [0.4, 0.5) is 0 Å². The van der Waals surface area contributed by atoms with Crippen molar-refractivity contribution in [2.45, 2.75) is 45.2 Å². The summed E-state index contributed by atoms with van der Waals surface area (Å²) >= 11 is 6.01. The van der Waals surface area contributed by atoms with Gasteiger partial charge in [0.2, 0.25) is 0 Å². The van der Waals surface area contributed by atoms with E-state index in [-0.39, 0.29) is 0 Å². The molecule has 0 aliphatic carbocycles. The maximum Gasteiger partial charge on any atom is 0.459 e. The Kier molecular flexibility index (Phi) is 4.84. The van der Waals surface area contributed by atoms with Crippen molar-refractivity contribution in [2.75, 3.05) is 0 Å². The monoisotopic (exact) mass is 270 g/mol. The molecule has 0 aliphatic rings. The summed E-state index contributed by atoms with van der Waals surface area (Å²) in [6, 6.07) is 7.30. The van der Waals surface area contributed by atoms with Crippen LogP contribution in [-0.2, 0) is 11.0 Å². The zero-order valence-electron chi connectivity index (χ0n) is 11.3. The second-order valence-electron chi connectivity index (χ2n) is 5.44. The zero-order chi connectivity index (χ0) is 14.0. The first-order chi connectivity index (χ1) is 8.13. The second kappa shape index (κ2) is 5.62. The van der Waals surface area contributed by atoms with Crippen molar-refractivity contribution in [1.82, 2.24) is 0 Å². The van der Waals surface area contributed by atoms with Crippen LogP contribution in [0, 0.1) is 0 Å². The van der Waals surface area contributed by atoms with Gasteiger partial charge in [0.1, 0.15) is 0 Å². The van der Waals surface area contributed by atoms with Gasteiger partial charge in [-0.1, -0.05) is 29.8 Å². The molecule has 0 atom stereocenters. The average molecular weight is 271 g/mol. The van der Waals surface area contributed by atoms with Gasteiger partial charge in [-0.15, -0.1) is 0 Å². The highest BCUT2D eigenvalue weighted by atomic mass is 35.5. The molecule has 100 valence electrons. The molecule has 0 heterocycles. The minimum atomic E-state index is -1.05. The lowest BCUT2D eigenvalue weighted by atomic mass is 9.78. The van der Waals surface area contributed by atoms with E-state index in [0.717, 1.165) is 5.56 Å². The van der Waals surface area contributed by atoms with E-state index in [4.69, 9.17) is 16.3 Å². The van der Waals surface area contributed by atoms with E-state index in [0.29, 0.717) is 11.3 Å². The van der Waals surface area contributed by atoms with Crippen LogP contribution >= 0.6 is 11.6 Å². The molecule has 0 saturated heterocycles. The molecule has 0 radical (unpaired) electrons. The third-order valence-electron chi connectivity index (χ3n) is 3.26. The predicted molar refractivity (Wildman–Crippen MR) is 74.6 cm³/mol. The first kappa shape index (κ1) is 15.5. The highest BCUT2D eigenvalue weighted by Crippen LogP contribution is 2.26. The topological polar surface area (TPSA) is 49.7 Å². The van der Waals surface area contributed by atoms with Gasteiger partial charge in [0.15, 0.2) is 0 Å². The molecule has 1 aromatic rings. The summed E-state index contributed by atoms with van der Waals surface area (Å²) in [7, 11) is -1.01. The Morgan fingerprint density at radius 2 is 1.78 bits per heavy atom. The fourth-order valence-electron chi connectivity index (χ4n) is 1.38. The van der Waals surface area contributed by atoms with Gasteiger partial charge in [-0.3, -0.25) is 0 Å². The van der Waals surface area contributed by atoms with Crippen LogP contribution in [0.1, 0.15) is 33.3 Å². The largest absolute Gasteiger partial charge is 0.459 e. The molecule has 0 aliphatic heterocycles. The molecule has 0 unspecified atom stereocenters. The number of hydrogen-bond donors (Lipinski definition) is 2. The van der Waals surface area contributed by atoms with E-state index in [1.807, 2.05) is 18.2 Å². The smallest absolute Gasteiger partial charge is 0.427 e. The molecule has 0 saturated carbocycles. The van der Waals surface area contributed by atoms with E-state index >= 15 is 0 Å². The van der Waals surface area contributed by atoms with Crippen LogP contribution in [0.3, 0.4) is 0 Å². The lowest BCUT2D eigenvalue weighted by Crippen LogP contribution is -2.50. The van der Waals surface area contributed by atoms with Crippen molar-refractivity contribution >= 4 is 18.7 Å². The summed E-state index contributed by atoms with van der Waals surface area (Å²) < 4.78 is 5.51. The van der Waals surface area contributed by atoms with Crippen LogP contribution in [0.2, 0.25) is 5.02 Å². The Morgan fingerprint density at radius 1 is 1.22 bits per heavy atom. The number of aliphatic hydroxyl groups is 1. The molecule has 0 amide bonds. The first-order valence-electron chi connectivity index (χ1n) is 5.95. The Balaban J connectivity index is 2.68. The quantitative estimate of drug-likeness (QED) is 0.808. The molecular formula is C13H20BClO3. The predicted octanol–water partition coefficient (Wildman–Crippen LogP) is 2.47. The van der Waals surface area contributed by atoms with E-state index < -0.39 is 18.3 Å². The number of benzene rings is 1. The van der Waals surface area contributed by atoms with Crippen molar-refractivity contribution < 1.29 is 14.8 Å². The second-order valence-corrected chi connectivity index (χ2v) is 5.84. The highest BCUT2D eigenvalue weighted by molar-refractivity contribution is 6.43. The molecular weight excluding hydrogens is 250 g/mol. The molecule has 0 aromatic heterocycles. The third kappa shape index (κ3) is 3.99. The van der Waals surface area contributed by atoms with Crippen molar-refractivity contribution in [3.63, 3.8) is 0 Å². The van der Waals surface area contributed by atoms with Gasteiger partial charge < -0.3 is 14.8 Å². The first-order valence-corrected chi connectivity index (χ1v) is 6.33. The average Bonchev–Trinajstić information content (AvgIpc) is 2.19. The zero-order valence-corrected chi connectivity index (χ0v) is 12.0. The standard InChI is InChI=1S/C13H20BClO3/c1-12(2,16)13(3,4)18-14(17)9-10-7-5-6-8-11(10)15/h5-8,16-17H,9H2,1-4H3. The summed E-state index contributed by atoms with van der Waals surface area (Å²) in [5.74, 6) is 0. The lowest BCUT2D eigenvalue weighted by molar-refractivity contribution is -0.100. The molecule has 2 N–H and O–H groups in total. The fourth-order valence-corrected chi connectivity index (χ4v) is 1.59. The summed E-state index contributed by atoms with van der Waals surface area (Å²) in [6.45, 7) is 6.77. The van der Waals surface area contributed by atoms with E-state index in [1.54, 1.807) is 33.8 Å². The number of halogens is 1. The SMILES string of the molecule is CC(C)(O)C(C)(C)OB(O)Cc1ccccc1Cl. The van der Waals surface area contributed by atoms with Crippen molar-refractivity contribution in [3.8, 4) is 0 Å². The van der Waals surface area contributed by atoms with Gasteiger partial charge in [-0.2, -0.15) is 0 Å². The van der Waals surface area contributed by atoms with E-state index in [2.05, 4.69) is 0 Å². The van der Waals surface area contributed by atoms with Crippen LogP contribution < -0.4 is 0 Å². The molecule has 5 heteroatoms. The number of hydrogen-bond acceptors (Lipinski definition) is 3. The maximum absolute atomic E-state index is 9.95. The molecule has 18 heavy (non-hydrogen) atoms. The Morgan fingerprint density at radius 3 is 2.28 bits per heavy atom. The van der Waals surface area contributed by atoms with Crippen molar-refractivity contribution in [3.05, 3.63) is 34.9 Å². The molecule has 3 nitrogen and oxygen atoms in total. The Hall–Kier alpha value is -0.545. The van der Waals surface area contributed by atoms with Crippen LogP contribution in [0.5, 0.6) is 0 Å². The molecule has 0 spiro atoms. The minimum Gasteiger partial charge on any atom is -0.427 e. The number of rotatable bonds is 5. The third-order valence-corrected chi connectivity index (χ3v) is 3.63.